The number of hydrogen-bond acceptors (Lipinski definition) is 10. The summed E-state index contributed by atoms with van der Waals surface area (Å²) in [4.78, 5) is 80.8. The van der Waals surface area contributed by atoms with Gasteiger partial charge in [0.15, 0.2) is 0 Å². The van der Waals surface area contributed by atoms with Crippen LogP contribution in [0.2, 0.25) is 0 Å². The van der Waals surface area contributed by atoms with Gasteiger partial charge in [0.1, 0.15) is 0 Å². The first-order valence-corrected chi connectivity index (χ1v) is 9.75. The molecule has 0 amide bonds. The van der Waals surface area contributed by atoms with E-state index < -0.39 is 31.3 Å². The molecule has 0 aliphatic carbocycles. The molecule has 0 aliphatic rings. The second-order valence-corrected chi connectivity index (χ2v) is 6.62. The van der Waals surface area contributed by atoms with Crippen molar-refractivity contribution in [2.24, 2.45) is 0 Å². The quantitative estimate of drug-likeness (QED) is 0.164. The molecule has 0 rings (SSSR count). The summed E-state index contributed by atoms with van der Waals surface area (Å²) in [6.45, 7) is 0. The van der Waals surface area contributed by atoms with Gasteiger partial charge >= 0.3 is 73.4 Å². The van der Waals surface area contributed by atoms with Gasteiger partial charge in [0.2, 0.25) is 0 Å². The standard InChI is InChI=1S/4H3O4P.2H2O.2Pt/c4*1-5(2,3)4;;;;/h4*(H3,1,2,3,4);2*1H2;;/q;;;;;;2*+2/p+2. The van der Waals surface area contributed by atoms with E-state index in [4.69, 9.17) is 77.0 Å². The maximum Gasteiger partial charge on any atom is 2.00 e. The van der Waals surface area contributed by atoms with E-state index in [1.54, 1.807) is 0 Å². The molecule has 0 aromatic heterocycles. The summed E-state index contributed by atoms with van der Waals surface area (Å²) in [6, 6.07) is 0. The Bertz CT molecular complexity index is 290. The Morgan fingerprint density at radius 1 is 0.417 bits per heavy atom. The zero-order valence-electron chi connectivity index (χ0n) is 10.6. The summed E-state index contributed by atoms with van der Waals surface area (Å²) in [5.41, 5.74) is 0. The van der Waals surface area contributed by atoms with E-state index in [0.29, 0.717) is 0 Å². The van der Waals surface area contributed by atoms with Gasteiger partial charge in [-0.3, -0.25) is 0 Å². The number of rotatable bonds is 0. The molecule has 0 radical (unpaired) electrons. The minimum atomic E-state index is -4.39. The molecule has 24 heavy (non-hydrogen) atoms. The second-order valence-electron chi connectivity index (χ2n) is 2.21. The molecule has 160 valence electrons. The summed E-state index contributed by atoms with van der Waals surface area (Å²) >= 11 is 0. The first kappa shape index (κ1) is 50.1. The Hall–Kier alpha value is 1.74. The first-order valence-electron chi connectivity index (χ1n) is 3.25. The Morgan fingerprint density at radius 2 is 0.417 bits per heavy atom. The van der Waals surface area contributed by atoms with Crippen LogP contribution in [0.4, 0.5) is 0 Å². The topological polar surface area (TPSA) is 404 Å². The van der Waals surface area contributed by atoms with Crippen LogP contribution < -0.4 is 19.6 Å². The fourth-order valence-corrected chi connectivity index (χ4v) is 0. The SMILES string of the molecule is O=P([O-])([OH2+])[OH2+].O=P([O-])([OH2+])[OH2+].O=P([O-])([OH2+])[OH2+].O=P([O-])([OH2+])[OH2+].[OH-].[OH-].[Pt+2].[Pt+2]. The van der Waals surface area contributed by atoms with Crippen molar-refractivity contribution < 1.29 is 130 Å². The third-order valence-electron chi connectivity index (χ3n) is 0. The van der Waals surface area contributed by atoms with Gasteiger partial charge in [-0.2, -0.15) is 18.3 Å². The van der Waals surface area contributed by atoms with Crippen LogP contribution in [0, 0.1) is 0 Å². The average molecular weight is 820 g/mol. The molecule has 0 heterocycles. The summed E-state index contributed by atoms with van der Waals surface area (Å²) < 4.78 is 36.0. The summed E-state index contributed by atoms with van der Waals surface area (Å²) in [5, 5.41) is 0. The molecule has 18 nitrogen and oxygen atoms in total. The molecule has 0 saturated heterocycles. The summed E-state index contributed by atoms with van der Waals surface area (Å²) in [5.74, 6) is 0. The van der Waals surface area contributed by atoms with Crippen LogP contribution in [-0.4, -0.2) is 50.1 Å². The molecular formula is H18O18P4Pt2+6. The van der Waals surface area contributed by atoms with Crippen molar-refractivity contribution >= 4 is 31.3 Å². The predicted octanol–water partition coefficient (Wildman–Crippen LogP) is -8.74. The van der Waals surface area contributed by atoms with E-state index in [2.05, 4.69) is 0 Å². The van der Waals surface area contributed by atoms with Gasteiger partial charge in [0, 0.05) is 0 Å². The van der Waals surface area contributed by atoms with Crippen molar-refractivity contribution in [1.29, 1.82) is 0 Å². The van der Waals surface area contributed by atoms with Crippen LogP contribution in [0.5, 0.6) is 0 Å². The zero-order valence-corrected chi connectivity index (χ0v) is 18.7. The van der Waals surface area contributed by atoms with Gasteiger partial charge < -0.3 is 69.7 Å². The van der Waals surface area contributed by atoms with Crippen molar-refractivity contribution in [2.75, 3.05) is 0 Å². The molecule has 0 aromatic rings. The van der Waals surface area contributed by atoms with Crippen LogP contribution in [-0.2, 0) is 60.4 Å². The van der Waals surface area contributed by atoms with E-state index in [0.717, 1.165) is 0 Å². The van der Waals surface area contributed by atoms with Crippen LogP contribution in [0.3, 0.4) is 0 Å². The largest absolute Gasteiger partial charge is 2.00 e. The summed E-state index contributed by atoms with van der Waals surface area (Å²) in [7, 11) is -17.6. The fourth-order valence-electron chi connectivity index (χ4n) is 0. The van der Waals surface area contributed by atoms with E-state index in [-0.39, 0.29) is 53.1 Å². The van der Waals surface area contributed by atoms with E-state index >= 15 is 0 Å². The first-order chi connectivity index (χ1) is 8.00. The Labute approximate surface area is 161 Å². The van der Waals surface area contributed by atoms with Gasteiger partial charge in [0.05, 0.1) is 0 Å². The van der Waals surface area contributed by atoms with Gasteiger partial charge in [0.25, 0.3) is 0 Å². The molecule has 0 atom stereocenters. The smallest absolute Gasteiger partial charge is 0.870 e. The number of hydrogen-bond donors (Lipinski definition) is 0. The predicted molar refractivity (Wildman–Crippen MR) is 63.2 cm³/mol. The average Bonchev–Trinajstić information content (AvgIpc) is 1.62. The van der Waals surface area contributed by atoms with Crippen molar-refractivity contribution in [3.8, 4) is 0 Å². The Kier molecular flexibility index (Phi) is 43.9. The molecule has 18 N–H and O–H groups in total. The van der Waals surface area contributed by atoms with Crippen LogP contribution in [0.25, 0.3) is 0 Å². The monoisotopic (exact) mass is 820 g/mol. The van der Waals surface area contributed by atoms with Crippen LogP contribution in [0.15, 0.2) is 0 Å². The maximum absolute atomic E-state index is 8.99. The molecule has 0 saturated carbocycles. The third-order valence-corrected chi connectivity index (χ3v) is 0. The third kappa shape index (κ3) is 4070. The van der Waals surface area contributed by atoms with Gasteiger partial charge in [-0.1, -0.05) is 0 Å². The normalized spacial score (nSPS) is 9.83. The molecule has 0 unspecified atom stereocenters. The molecule has 0 fully saturated rings. The van der Waals surface area contributed by atoms with E-state index in [1.165, 1.54) is 0 Å². The summed E-state index contributed by atoms with van der Waals surface area (Å²) in [6.07, 6.45) is 0. The van der Waals surface area contributed by atoms with Crippen LogP contribution >= 0.6 is 31.3 Å². The molecular weight excluding hydrogens is 802 g/mol. The van der Waals surface area contributed by atoms with Crippen LogP contribution in [0.1, 0.15) is 0 Å². The minimum absolute atomic E-state index is 0. The van der Waals surface area contributed by atoms with Gasteiger partial charge in [-0.25, -0.2) is 0 Å². The zero-order chi connectivity index (χ0) is 18.0. The fraction of sp³-hybridized carbons (Fsp3) is 0. The Morgan fingerprint density at radius 3 is 0.417 bits per heavy atom. The van der Waals surface area contributed by atoms with Crippen molar-refractivity contribution in [2.45, 2.75) is 0 Å². The molecule has 24 heteroatoms. The van der Waals surface area contributed by atoms with Crippen molar-refractivity contribution in [3.63, 3.8) is 0 Å². The molecule has 0 bridgehead atoms. The molecule has 0 aromatic carbocycles. The maximum atomic E-state index is 8.99. The van der Waals surface area contributed by atoms with Crippen molar-refractivity contribution in [3.05, 3.63) is 0 Å². The van der Waals surface area contributed by atoms with E-state index in [1.807, 2.05) is 0 Å². The van der Waals surface area contributed by atoms with Crippen molar-refractivity contribution in [1.82, 2.24) is 0 Å². The Balaban J connectivity index is -0.0000000225. The molecule has 0 aliphatic heterocycles. The minimum Gasteiger partial charge on any atom is -0.870 e. The van der Waals surface area contributed by atoms with Gasteiger partial charge in [-0.15, -0.1) is 0 Å². The van der Waals surface area contributed by atoms with Gasteiger partial charge in [-0.05, 0) is 0 Å². The van der Waals surface area contributed by atoms with E-state index in [9.17, 15) is 0 Å². The molecule has 0 spiro atoms. The second kappa shape index (κ2) is 21.0.